The summed E-state index contributed by atoms with van der Waals surface area (Å²) in [6.07, 6.45) is -1.16. The highest BCUT2D eigenvalue weighted by Crippen LogP contribution is 2.26. The summed E-state index contributed by atoms with van der Waals surface area (Å²) < 4.78 is 5.13. The van der Waals surface area contributed by atoms with E-state index in [0.717, 1.165) is 6.07 Å². The minimum atomic E-state index is -1.16. The number of halogens is 1. The van der Waals surface area contributed by atoms with Gasteiger partial charge in [-0.05, 0) is 45.4 Å². The second-order valence-electron chi connectivity index (χ2n) is 6.02. The summed E-state index contributed by atoms with van der Waals surface area (Å²) in [5.74, 6) is -1.60. The lowest BCUT2D eigenvalue weighted by Gasteiger charge is -2.12. The Labute approximate surface area is 159 Å². The summed E-state index contributed by atoms with van der Waals surface area (Å²) in [6, 6.07) is 3.47. The predicted octanol–water partition coefficient (Wildman–Crippen LogP) is 3.82. The SMILES string of the molecule is CC(=O)c1c(C)[nH]c(C(=O)[C@@H](C)OC(=O)c2ccc(Cl)c([N+](=O)[O-])c2)c1C. The smallest absolute Gasteiger partial charge is 0.339 e. The summed E-state index contributed by atoms with van der Waals surface area (Å²) in [6.45, 7) is 6.08. The number of aryl methyl sites for hydroxylation is 1. The number of esters is 1. The number of nitro benzene ring substituents is 1. The molecule has 0 bridgehead atoms. The van der Waals surface area contributed by atoms with Crippen molar-refractivity contribution in [2.24, 2.45) is 0 Å². The highest BCUT2D eigenvalue weighted by Gasteiger charge is 2.27. The van der Waals surface area contributed by atoms with Crippen LogP contribution in [0.5, 0.6) is 0 Å². The molecule has 0 radical (unpaired) electrons. The van der Waals surface area contributed by atoms with Crippen molar-refractivity contribution in [1.29, 1.82) is 0 Å². The quantitative estimate of drug-likeness (QED) is 0.345. The van der Waals surface area contributed by atoms with Crippen LogP contribution < -0.4 is 0 Å². The second kappa shape index (κ2) is 7.71. The fourth-order valence-electron chi connectivity index (χ4n) is 2.79. The molecule has 0 unspecified atom stereocenters. The fourth-order valence-corrected chi connectivity index (χ4v) is 2.98. The molecule has 142 valence electrons. The van der Waals surface area contributed by atoms with Crippen molar-refractivity contribution in [2.45, 2.75) is 33.8 Å². The third kappa shape index (κ3) is 4.06. The third-order valence-corrected chi connectivity index (χ3v) is 4.39. The molecule has 9 heteroatoms. The number of Topliss-reactive ketones (excluding diaryl/α,β-unsaturated/α-hetero) is 2. The zero-order chi connectivity index (χ0) is 20.5. The number of ketones is 2. The predicted molar refractivity (Wildman–Crippen MR) is 97.6 cm³/mol. The van der Waals surface area contributed by atoms with Gasteiger partial charge in [-0.1, -0.05) is 11.6 Å². The summed E-state index contributed by atoms with van der Waals surface area (Å²) in [7, 11) is 0. The molecule has 0 fully saturated rings. The number of H-pyrrole nitrogens is 1. The Kier molecular flexibility index (Phi) is 5.80. The van der Waals surface area contributed by atoms with E-state index in [4.69, 9.17) is 16.3 Å². The molecular weight excluding hydrogens is 376 g/mol. The lowest BCUT2D eigenvalue weighted by Crippen LogP contribution is -2.25. The number of nitrogens with one attached hydrogen (secondary N) is 1. The molecule has 1 N–H and O–H groups in total. The van der Waals surface area contributed by atoms with Gasteiger partial charge in [0.1, 0.15) is 5.02 Å². The van der Waals surface area contributed by atoms with Gasteiger partial charge in [0.2, 0.25) is 5.78 Å². The average Bonchev–Trinajstić information content (AvgIpc) is 2.88. The third-order valence-electron chi connectivity index (χ3n) is 4.07. The number of nitrogens with zero attached hydrogens (tertiary/aromatic N) is 1. The number of carbonyl (C=O) groups excluding carboxylic acids is 3. The van der Waals surface area contributed by atoms with Gasteiger partial charge in [-0.3, -0.25) is 19.7 Å². The van der Waals surface area contributed by atoms with Crippen molar-refractivity contribution in [3.63, 3.8) is 0 Å². The van der Waals surface area contributed by atoms with Crippen LogP contribution >= 0.6 is 11.6 Å². The van der Waals surface area contributed by atoms with Gasteiger partial charge < -0.3 is 9.72 Å². The minimum absolute atomic E-state index is 0.102. The van der Waals surface area contributed by atoms with Crippen LogP contribution in [0.15, 0.2) is 18.2 Å². The Hall–Kier alpha value is -3.00. The van der Waals surface area contributed by atoms with Gasteiger partial charge in [-0.2, -0.15) is 0 Å². The molecule has 1 atom stereocenters. The number of carbonyl (C=O) groups is 3. The first-order valence-corrected chi connectivity index (χ1v) is 8.31. The zero-order valence-corrected chi connectivity index (χ0v) is 15.8. The number of aromatic amines is 1. The largest absolute Gasteiger partial charge is 0.451 e. The summed E-state index contributed by atoms with van der Waals surface area (Å²) in [5, 5.41) is 10.8. The van der Waals surface area contributed by atoms with E-state index in [0.29, 0.717) is 16.8 Å². The molecule has 8 nitrogen and oxygen atoms in total. The number of hydrogen-bond donors (Lipinski definition) is 1. The summed E-state index contributed by atoms with van der Waals surface area (Å²) >= 11 is 5.71. The van der Waals surface area contributed by atoms with Crippen molar-refractivity contribution in [3.05, 3.63) is 61.4 Å². The number of nitro groups is 1. The van der Waals surface area contributed by atoms with Gasteiger partial charge in [-0.15, -0.1) is 0 Å². The Morgan fingerprint density at radius 2 is 1.89 bits per heavy atom. The summed E-state index contributed by atoms with van der Waals surface area (Å²) in [5.41, 5.74) is 1.09. The Morgan fingerprint density at radius 1 is 1.26 bits per heavy atom. The molecular formula is C18H17ClN2O6. The molecule has 2 rings (SSSR count). The van der Waals surface area contributed by atoms with Gasteiger partial charge in [0.05, 0.1) is 16.2 Å². The molecule has 1 heterocycles. The molecule has 0 aliphatic heterocycles. The van der Waals surface area contributed by atoms with E-state index < -0.39 is 28.5 Å². The lowest BCUT2D eigenvalue weighted by atomic mass is 10.0. The van der Waals surface area contributed by atoms with Gasteiger partial charge in [0.25, 0.3) is 5.69 Å². The van der Waals surface area contributed by atoms with E-state index >= 15 is 0 Å². The first-order valence-electron chi connectivity index (χ1n) is 7.93. The highest BCUT2D eigenvalue weighted by atomic mass is 35.5. The highest BCUT2D eigenvalue weighted by molar-refractivity contribution is 6.32. The number of benzene rings is 1. The van der Waals surface area contributed by atoms with Crippen molar-refractivity contribution >= 4 is 34.8 Å². The normalized spacial score (nSPS) is 11.7. The van der Waals surface area contributed by atoms with E-state index in [2.05, 4.69) is 4.98 Å². The van der Waals surface area contributed by atoms with Crippen molar-refractivity contribution in [3.8, 4) is 0 Å². The van der Waals surface area contributed by atoms with E-state index in [1.54, 1.807) is 13.8 Å². The van der Waals surface area contributed by atoms with Crippen molar-refractivity contribution < 1.29 is 24.0 Å². The van der Waals surface area contributed by atoms with E-state index in [9.17, 15) is 24.5 Å². The van der Waals surface area contributed by atoms with Crippen LogP contribution in [0, 0.1) is 24.0 Å². The first-order chi connectivity index (χ1) is 12.5. The monoisotopic (exact) mass is 392 g/mol. The minimum Gasteiger partial charge on any atom is -0.451 e. The molecule has 0 saturated carbocycles. The maximum atomic E-state index is 12.6. The number of rotatable bonds is 6. The standard InChI is InChI=1S/C18H17ClN2O6/c1-8-15(10(3)22)9(2)20-16(8)17(23)11(4)27-18(24)12-5-6-13(19)14(7-12)21(25)26/h5-7,11,20H,1-4H3/t11-/m1/s1. The number of hydrogen-bond acceptors (Lipinski definition) is 6. The second-order valence-corrected chi connectivity index (χ2v) is 6.42. The van der Waals surface area contributed by atoms with Crippen LogP contribution in [0.25, 0.3) is 0 Å². The van der Waals surface area contributed by atoms with Crippen LogP contribution in [0.3, 0.4) is 0 Å². The Morgan fingerprint density at radius 3 is 2.41 bits per heavy atom. The van der Waals surface area contributed by atoms with E-state index in [1.165, 1.54) is 26.0 Å². The van der Waals surface area contributed by atoms with Crippen LogP contribution in [-0.4, -0.2) is 33.5 Å². The van der Waals surface area contributed by atoms with Crippen molar-refractivity contribution in [1.82, 2.24) is 4.98 Å². The zero-order valence-electron chi connectivity index (χ0n) is 15.1. The van der Waals surface area contributed by atoms with Gasteiger partial charge in [-0.25, -0.2) is 4.79 Å². The number of ether oxygens (including phenoxy) is 1. The van der Waals surface area contributed by atoms with Crippen LogP contribution in [0.4, 0.5) is 5.69 Å². The fraction of sp³-hybridized carbons (Fsp3) is 0.278. The Balaban J connectivity index is 2.23. The molecule has 0 saturated heterocycles. The molecule has 2 aromatic rings. The molecule has 1 aromatic heterocycles. The molecule has 0 amide bonds. The van der Waals surface area contributed by atoms with E-state index in [1.807, 2.05) is 0 Å². The molecule has 27 heavy (non-hydrogen) atoms. The number of aromatic nitrogens is 1. The van der Waals surface area contributed by atoms with Crippen LogP contribution in [0.1, 0.15) is 56.3 Å². The molecule has 0 aliphatic carbocycles. The molecule has 0 spiro atoms. The van der Waals surface area contributed by atoms with Gasteiger partial charge in [0.15, 0.2) is 11.9 Å². The van der Waals surface area contributed by atoms with Gasteiger partial charge >= 0.3 is 5.97 Å². The maximum absolute atomic E-state index is 12.6. The lowest BCUT2D eigenvalue weighted by molar-refractivity contribution is -0.384. The Bertz CT molecular complexity index is 963. The topological polar surface area (TPSA) is 119 Å². The summed E-state index contributed by atoms with van der Waals surface area (Å²) in [4.78, 5) is 49.6. The van der Waals surface area contributed by atoms with Crippen molar-refractivity contribution in [2.75, 3.05) is 0 Å². The molecule has 0 aliphatic rings. The average molecular weight is 393 g/mol. The van der Waals surface area contributed by atoms with E-state index in [-0.39, 0.29) is 22.1 Å². The molecule has 1 aromatic carbocycles. The maximum Gasteiger partial charge on any atom is 0.339 e. The van der Waals surface area contributed by atoms with Crippen LogP contribution in [0.2, 0.25) is 5.02 Å². The first kappa shape index (κ1) is 20.3. The van der Waals surface area contributed by atoms with Gasteiger partial charge in [0, 0.05) is 17.3 Å². The van der Waals surface area contributed by atoms with Crippen LogP contribution in [-0.2, 0) is 4.74 Å².